The zero-order valence-corrected chi connectivity index (χ0v) is 10.2. The lowest BCUT2D eigenvalue weighted by atomic mass is 9.96. The molecule has 4 nitrogen and oxygen atoms in total. The zero-order valence-electron chi connectivity index (χ0n) is 10.2. The van der Waals surface area contributed by atoms with Gasteiger partial charge in [-0.2, -0.15) is 4.98 Å². The third kappa shape index (κ3) is 2.71. The van der Waals surface area contributed by atoms with Crippen LogP contribution in [0.3, 0.4) is 0 Å². The highest BCUT2D eigenvalue weighted by Crippen LogP contribution is 2.26. The molecule has 1 unspecified atom stereocenters. The van der Waals surface area contributed by atoms with E-state index in [1.165, 1.54) is 5.56 Å². The summed E-state index contributed by atoms with van der Waals surface area (Å²) in [6.07, 6.45) is 0.950. The molecule has 2 aromatic rings. The van der Waals surface area contributed by atoms with Gasteiger partial charge in [-0.1, -0.05) is 42.4 Å². The molecular formula is C13H17N3O. The van der Waals surface area contributed by atoms with Crippen molar-refractivity contribution in [1.29, 1.82) is 0 Å². The Labute approximate surface area is 101 Å². The summed E-state index contributed by atoms with van der Waals surface area (Å²) >= 11 is 0. The van der Waals surface area contributed by atoms with Gasteiger partial charge in [0.25, 0.3) is 0 Å². The van der Waals surface area contributed by atoms with Crippen molar-refractivity contribution >= 4 is 0 Å². The largest absolute Gasteiger partial charge is 0.339 e. The molecule has 17 heavy (non-hydrogen) atoms. The van der Waals surface area contributed by atoms with Gasteiger partial charge in [0.05, 0.1) is 12.5 Å². The molecule has 1 heterocycles. The van der Waals surface area contributed by atoms with Crippen LogP contribution in [0.2, 0.25) is 0 Å². The third-order valence-corrected chi connectivity index (χ3v) is 2.73. The smallest absolute Gasteiger partial charge is 0.234 e. The van der Waals surface area contributed by atoms with E-state index in [4.69, 9.17) is 4.52 Å². The minimum atomic E-state index is 0.189. The van der Waals surface area contributed by atoms with Gasteiger partial charge in [-0.3, -0.25) is 0 Å². The monoisotopic (exact) mass is 231 g/mol. The molecule has 90 valence electrons. The van der Waals surface area contributed by atoms with Gasteiger partial charge in [-0.05, 0) is 19.0 Å². The van der Waals surface area contributed by atoms with E-state index >= 15 is 0 Å². The minimum Gasteiger partial charge on any atom is -0.339 e. The zero-order chi connectivity index (χ0) is 12.1. The van der Waals surface area contributed by atoms with Gasteiger partial charge in [0.15, 0.2) is 5.82 Å². The van der Waals surface area contributed by atoms with E-state index in [2.05, 4.69) is 34.5 Å². The molecule has 1 N–H and O–H groups in total. The van der Waals surface area contributed by atoms with E-state index in [0.717, 1.165) is 6.42 Å². The highest BCUT2D eigenvalue weighted by molar-refractivity contribution is 5.24. The molecule has 0 aliphatic rings. The normalized spacial score (nSPS) is 12.6. The first-order valence-electron chi connectivity index (χ1n) is 5.87. The minimum absolute atomic E-state index is 0.189. The van der Waals surface area contributed by atoms with Crippen LogP contribution in [0, 0.1) is 0 Å². The maximum atomic E-state index is 5.32. The lowest BCUT2D eigenvalue weighted by molar-refractivity contribution is 0.358. The molecule has 2 rings (SSSR count). The van der Waals surface area contributed by atoms with E-state index in [-0.39, 0.29) is 5.92 Å². The SMILES string of the molecule is CCC(c1ccccc1)c1nc(CNC)no1. The number of nitrogens with one attached hydrogen (secondary N) is 1. The predicted octanol–water partition coefficient (Wildman–Crippen LogP) is 2.33. The maximum Gasteiger partial charge on any atom is 0.234 e. The van der Waals surface area contributed by atoms with Gasteiger partial charge in [-0.15, -0.1) is 0 Å². The number of nitrogens with zero attached hydrogens (tertiary/aromatic N) is 2. The van der Waals surface area contributed by atoms with E-state index < -0.39 is 0 Å². The van der Waals surface area contributed by atoms with Crippen molar-refractivity contribution < 1.29 is 4.52 Å². The number of hydrogen-bond acceptors (Lipinski definition) is 4. The molecule has 0 aliphatic carbocycles. The summed E-state index contributed by atoms with van der Waals surface area (Å²) in [7, 11) is 1.87. The van der Waals surface area contributed by atoms with Crippen LogP contribution in [0.1, 0.15) is 36.5 Å². The van der Waals surface area contributed by atoms with E-state index in [1.807, 2.05) is 25.2 Å². The molecule has 0 amide bonds. The summed E-state index contributed by atoms with van der Waals surface area (Å²) in [5, 5.41) is 6.96. The quantitative estimate of drug-likeness (QED) is 0.858. The fourth-order valence-electron chi connectivity index (χ4n) is 1.88. The van der Waals surface area contributed by atoms with Gasteiger partial charge in [-0.25, -0.2) is 0 Å². The number of aromatic nitrogens is 2. The standard InChI is InChI=1S/C13H17N3O/c1-3-11(10-7-5-4-6-8-10)13-15-12(9-14-2)16-17-13/h4-8,11,14H,3,9H2,1-2H3. The first-order chi connectivity index (χ1) is 8.35. The highest BCUT2D eigenvalue weighted by atomic mass is 16.5. The second kappa shape index (κ2) is 5.59. The summed E-state index contributed by atoms with van der Waals surface area (Å²) < 4.78 is 5.32. The predicted molar refractivity (Wildman–Crippen MR) is 65.6 cm³/mol. The van der Waals surface area contributed by atoms with E-state index in [0.29, 0.717) is 18.3 Å². The molecule has 0 bridgehead atoms. The van der Waals surface area contributed by atoms with Crippen LogP contribution in [0.4, 0.5) is 0 Å². The highest BCUT2D eigenvalue weighted by Gasteiger charge is 2.18. The molecule has 0 spiro atoms. The van der Waals surface area contributed by atoms with Gasteiger partial charge >= 0.3 is 0 Å². The van der Waals surface area contributed by atoms with Crippen molar-refractivity contribution in [1.82, 2.24) is 15.5 Å². The fourth-order valence-corrected chi connectivity index (χ4v) is 1.88. The van der Waals surface area contributed by atoms with Crippen molar-refractivity contribution in [2.45, 2.75) is 25.8 Å². The molecule has 4 heteroatoms. The molecule has 1 aromatic heterocycles. The number of benzene rings is 1. The van der Waals surface area contributed by atoms with Crippen LogP contribution < -0.4 is 5.32 Å². The summed E-state index contributed by atoms with van der Waals surface area (Å²) in [5.41, 5.74) is 1.22. The Kier molecular flexibility index (Phi) is 3.88. The van der Waals surface area contributed by atoms with E-state index in [9.17, 15) is 0 Å². The third-order valence-electron chi connectivity index (χ3n) is 2.73. The molecular weight excluding hydrogens is 214 g/mol. The second-order valence-corrected chi connectivity index (χ2v) is 3.95. The Balaban J connectivity index is 2.23. The molecule has 0 fully saturated rings. The first-order valence-corrected chi connectivity index (χ1v) is 5.87. The average molecular weight is 231 g/mol. The Bertz CT molecular complexity index is 453. The van der Waals surface area contributed by atoms with Crippen molar-refractivity contribution in [2.24, 2.45) is 0 Å². The summed E-state index contributed by atoms with van der Waals surface area (Å²) in [6.45, 7) is 2.76. The second-order valence-electron chi connectivity index (χ2n) is 3.95. The van der Waals surface area contributed by atoms with Gasteiger partial charge in [0, 0.05) is 0 Å². The van der Waals surface area contributed by atoms with Crippen molar-refractivity contribution in [3.05, 3.63) is 47.6 Å². The van der Waals surface area contributed by atoms with Crippen LogP contribution in [-0.2, 0) is 6.54 Å². The van der Waals surface area contributed by atoms with Crippen molar-refractivity contribution in [3.8, 4) is 0 Å². The van der Waals surface area contributed by atoms with E-state index in [1.54, 1.807) is 0 Å². The molecule has 1 aromatic carbocycles. The molecule has 1 atom stereocenters. The molecule has 0 radical (unpaired) electrons. The molecule has 0 saturated heterocycles. The summed E-state index contributed by atoms with van der Waals surface area (Å²) in [5.74, 6) is 1.59. The Morgan fingerprint density at radius 2 is 2.06 bits per heavy atom. The summed E-state index contributed by atoms with van der Waals surface area (Å²) in [4.78, 5) is 4.41. The lowest BCUT2D eigenvalue weighted by Crippen LogP contribution is -2.07. The van der Waals surface area contributed by atoms with Crippen molar-refractivity contribution in [2.75, 3.05) is 7.05 Å². The lowest BCUT2D eigenvalue weighted by Gasteiger charge is -2.09. The van der Waals surface area contributed by atoms with Crippen LogP contribution in [0.5, 0.6) is 0 Å². The maximum absolute atomic E-state index is 5.32. The van der Waals surface area contributed by atoms with Crippen LogP contribution >= 0.6 is 0 Å². The average Bonchev–Trinajstić information content (AvgIpc) is 2.81. The number of hydrogen-bond donors (Lipinski definition) is 1. The Morgan fingerprint density at radius 3 is 2.71 bits per heavy atom. The number of rotatable bonds is 5. The topological polar surface area (TPSA) is 51.0 Å². The Morgan fingerprint density at radius 1 is 1.29 bits per heavy atom. The van der Waals surface area contributed by atoms with Crippen LogP contribution in [-0.4, -0.2) is 17.2 Å². The fraction of sp³-hybridized carbons (Fsp3) is 0.385. The molecule has 0 aliphatic heterocycles. The van der Waals surface area contributed by atoms with Crippen LogP contribution in [0.15, 0.2) is 34.9 Å². The Hall–Kier alpha value is -1.68. The van der Waals surface area contributed by atoms with Crippen LogP contribution in [0.25, 0.3) is 0 Å². The van der Waals surface area contributed by atoms with Gasteiger partial charge in [0.2, 0.25) is 5.89 Å². The first kappa shape index (κ1) is 11.8. The van der Waals surface area contributed by atoms with Crippen molar-refractivity contribution in [3.63, 3.8) is 0 Å². The molecule has 0 saturated carbocycles. The van der Waals surface area contributed by atoms with Gasteiger partial charge < -0.3 is 9.84 Å². The summed E-state index contributed by atoms with van der Waals surface area (Å²) in [6, 6.07) is 10.3. The van der Waals surface area contributed by atoms with Gasteiger partial charge in [0.1, 0.15) is 0 Å².